The van der Waals surface area contributed by atoms with E-state index in [4.69, 9.17) is 4.74 Å². The lowest BCUT2D eigenvalue weighted by atomic mass is 10.1. The molecular formula is C17H21N3O3S. The van der Waals surface area contributed by atoms with Crippen molar-refractivity contribution in [1.29, 1.82) is 0 Å². The predicted molar refractivity (Wildman–Crippen MR) is 94.6 cm³/mol. The van der Waals surface area contributed by atoms with Crippen LogP contribution in [0.15, 0.2) is 40.0 Å². The van der Waals surface area contributed by atoms with Gasteiger partial charge in [0, 0.05) is 25.4 Å². The summed E-state index contributed by atoms with van der Waals surface area (Å²) >= 11 is 1.62. The molecule has 0 aromatic carbocycles. The maximum Gasteiger partial charge on any atom is 0.322 e. The molecule has 7 heteroatoms. The molecule has 1 aliphatic rings. The van der Waals surface area contributed by atoms with E-state index >= 15 is 0 Å². The quantitative estimate of drug-likeness (QED) is 0.928. The molecular weight excluding hydrogens is 326 g/mol. The van der Waals surface area contributed by atoms with Crippen molar-refractivity contribution in [2.24, 2.45) is 0 Å². The Labute approximate surface area is 144 Å². The van der Waals surface area contributed by atoms with Gasteiger partial charge in [0.25, 0.3) is 5.56 Å². The van der Waals surface area contributed by atoms with Crippen molar-refractivity contribution in [3.05, 3.63) is 51.1 Å². The first-order valence-electron chi connectivity index (χ1n) is 8.00. The smallest absolute Gasteiger partial charge is 0.322 e. The van der Waals surface area contributed by atoms with E-state index in [2.05, 4.69) is 10.7 Å². The third-order valence-corrected chi connectivity index (χ3v) is 4.74. The number of carbonyl (C=O) groups excluding carboxylic acids is 1. The first-order chi connectivity index (χ1) is 11.6. The molecule has 0 aliphatic carbocycles. The summed E-state index contributed by atoms with van der Waals surface area (Å²) in [4.78, 5) is 26.0. The first kappa shape index (κ1) is 16.7. The van der Waals surface area contributed by atoms with E-state index in [1.807, 2.05) is 25.3 Å². The topological polar surface area (TPSA) is 63.6 Å². The molecule has 2 aromatic rings. The van der Waals surface area contributed by atoms with Crippen molar-refractivity contribution in [3.63, 3.8) is 0 Å². The Bertz CT molecular complexity index is 757. The maximum atomic E-state index is 12.6. The lowest BCUT2D eigenvalue weighted by Gasteiger charge is -2.36. The van der Waals surface area contributed by atoms with Gasteiger partial charge in [0.05, 0.1) is 18.3 Å². The van der Waals surface area contributed by atoms with Crippen LogP contribution >= 0.6 is 11.3 Å². The molecule has 0 radical (unpaired) electrons. The summed E-state index contributed by atoms with van der Waals surface area (Å²) in [6.45, 7) is 5.48. The van der Waals surface area contributed by atoms with Crippen LogP contribution in [0.25, 0.3) is 0 Å². The number of carbonyl (C=O) groups is 1. The number of hydrogen-bond donors (Lipinski definition) is 1. The van der Waals surface area contributed by atoms with E-state index in [1.54, 1.807) is 33.1 Å². The second-order valence-electron chi connectivity index (χ2n) is 5.87. The summed E-state index contributed by atoms with van der Waals surface area (Å²) in [5.41, 5.74) is 1.64. The number of rotatable bonds is 3. The van der Waals surface area contributed by atoms with Crippen LogP contribution in [-0.2, 0) is 11.3 Å². The van der Waals surface area contributed by atoms with Gasteiger partial charge in [-0.05, 0) is 42.3 Å². The molecule has 0 bridgehead atoms. The minimum Gasteiger partial charge on any atom is -0.367 e. The van der Waals surface area contributed by atoms with E-state index in [0.717, 1.165) is 5.56 Å². The number of amides is 2. The average Bonchev–Trinajstić information content (AvgIpc) is 3.10. The zero-order valence-electron chi connectivity index (χ0n) is 13.8. The molecule has 1 fully saturated rings. The second-order valence-corrected chi connectivity index (χ2v) is 6.65. The van der Waals surface area contributed by atoms with Gasteiger partial charge in [0.1, 0.15) is 6.10 Å². The molecule has 1 saturated heterocycles. The molecule has 2 amide bonds. The van der Waals surface area contributed by atoms with Gasteiger partial charge in [0.2, 0.25) is 0 Å². The van der Waals surface area contributed by atoms with Gasteiger partial charge < -0.3 is 19.5 Å². The van der Waals surface area contributed by atoms with Gasteiger partial charge in [-0.2, -0.15) is 11.3 Å². The molecule has 24 heavy (non-hydrogen) atoms. The monoisotopic (exact) mass is 347 g/mol. The Balaban J connectivity index is 1.71. The molecule has 0 unspecified atom stereocenters. The van der Waals surface area contributed by atoms with Crippen LogP contribution < -0.4 is 10.9 Å². The van der Waals surface area contributed by atoms with Gasteiger partial charge in [0.15, 0.2) is 0 Å². The van der Waals surface area contributed by atoms with Crippen LogP contribution in [0.5, 0.6) is 0 Å². The van der Waals surface area contributed by atoms with Crippen molar-refractivity contribution < 1.29 is 9.53 Å². The highest BCUT2D eigenvalue weighted by Gasteiger charge is 2.29. The maximum absolute atomic E-state index is 12.6. The van der Waals surface area contributed by atoms with E-state index in [-0.39, 0.29) is 23.8 Å². The average molecular weight is 347 g/mol. The zero-order chi connectivity index (χ0) is 17.1. The predicted octanol–water partition coefficient (Wildman–Crippen LogP) is 2.92. The molecule has 3 rings (SSSR count). The van der Waals surface area contributed by atoms with E-state index in [1.165, 1.54) is 6.07 Å². The molecule has 6 nitrogen and oxygen atoms in total. The molecule has 1 aliphatic heterocycles. The number of aromatic nitrogens is 1. The zero-order valence-corrected chi connectivity index (χ0v) is 14.6. The van der Waals surface area contributed by atoms with Gasteiger partial charge in [-0.15, -0.1) is 0 Å². The third-order valence-electron chi connectivity index (χ3n) is 4.04. The minimum atomic E-state index is -0.174. The van der Waals surface area contributed by atoms with Crippen LogP contribution in [0.4, 0.5) is 10.5 Å². The number of anilines is 1. The molecule has 2 aromatic heterocycles. The summed E-state index contributed by atoms with van der Waals surface area (Å²) in [6.07, 6.45) is 1.54. The largest absolute Gasteiger partial charge is 0.367 e. The van der Waals surface area contributed by atoms with Gasteiger partial charge >= 0.3 is 6.03 Å². The van der Waals surface area contributed by atoms with Crippen LogP contribution in [0, 0.1) is 0 Å². The standard InChI is InChI=1S/C17H21N3O3S/c1-3-19-9-14(4-5-16(19)21)18-17(22)20-8-12(2)23-15(10-20)13-6-7-24-11-13/h4-7,9,11-12,15H,3,8,10H2,1-2H3,(H,18,22)/t12-,15+/m1/s1. The van der Waals surface area contributed by atoms with Crippen LogP contribution in [0.1, 0.15) is 25.5 Å². The number of nitrogens with zero attached hydrogens (tertiary/aromatic N) is 2. The fourth-order valence-electron chi connectivity index (χ4n) is 2.81. The Morgan fingerprint density at radius 1 is 1.38 bits per heavy atom. The normalized spacial score (nSPS) is 20.8. The molecule has 0 saturated carbocycles. The molecule has 0 spiro atoms. The van der Waals surface area contributed by atoms with Crippen molar-refractivity contribution >= 4 is 23.1 Å². The van der Waals surface area contributed by atoms with E-state index in [0.29, 0.717) is 25.3 Å². The first-order valence-corrected chi connectivity index (χ1v) is 8.95. The SMILES string of the molecule is CCn1cc(NC(=O)N2C[C@@H](C)O[C@H](c3ccsc3)C2)ccc1=O. The van der Waals surface area contributed by atoms with Crippen LogP contribution in [0.3, 0.4) is 0 Å². The highest BCUT2D eigenvalue weighted by molar-refractivity contribution is 7.07. The minimum absolute atomic E-state index is 0.0287. The number of nitrogens with one attached hydrogen (secondary N) is 1. The number of aryl methyl sites for hydroxylation is 1. The van der Waals surface area contributed by atoms with Crippen molar-refractivity contribution in [1.82, 2.24) is 9.47 Å². The lowest BCUT2D eigenvalue weighted by Crippen LogP contribution is -2.47. The number of pyridine rings is 1. The number of ether oxygens (including phenoxy) is 1. The fourth-order valence-corrected chi connectivity index (χ4v) is 3.52. The Morgan fingerprint density at radius 2 is 2.21 bits per heavy atom. The molecule has 2 atom stereocenters. The summed E-state index contributed by atoms with van der Waals surface area (Å²) in [5.74, 6) is 0. The summed E-state index contributed by atoms with van der Waals surface area (Å²) in [5, 5.41) is 6.94. The summed E-state index contributed by atoms with van der Waals surface area (Å²) < 4.78 is 7.51. The fraction of sp³-hybridized carbons (Fsp3) is 0.412. The summed E-state index contributed by atoms with van der Waals surface area (Å²) in [6, 6.07) is 4.95. The third kappa shape index (κ3) is 3.68. The Morgan fingerprint density at radius 3 is 2.92 bits per heavy atom. The Kier molecular flexibility index (Phi) is 5.01. The highest BCUT2D eigenvalue weighted by atomic mass is 32.1. The van der Waals surface area contributed by atoms with Crippen molar-refractivity contribution in [2.45, 2.75) is 32.6 Å². The lowest BCUT2D eigenvalue weighted by molar-refractivity contribution is -0.0640. The van der Waals surface area contributed by atoms with Crippen LogP contribution in [0.2, 0.25) is 0 Å². The van der Waals surface area contributed by atoms with E-state index in [9.17, 15) is 9.59 Å². The molecule has 128 valence electrons. The molecule has 1 N–H and O–H groups in total. The summed E-state index contributed by atoms with van der Waals surface area (Å²) in [7, 11) is 0. The number of hydrogen-bond acceptors (Lipinski definition) is 4. The molecule has 3 heterocycles. The van der Waals surface area contributed by atoms with E-state index < -0.39 is 0 Å². The van der Waals surface area contributed by atoms with Gasteiger partial charge in [-0.25, -0.2) is 4.79 Å². The van der Waals surface area contributed by atoms with Gasteiger partial charge in [-0.1, -0.05) is 0 Å². The Hall–Kier alpha value is -2.12. The van der Waals surface area contributed by atoms with Crippen LogP contribution in [-0.4, -0.2) is 34.7 Å². The van der Waals surface area contributed by atoms with Gasteiger partial charge in [-0.3, -0.25) is 4.79 Å². The second kappa shape index (κ2) is 7.19. The number of urea groups is 1. The van der Waals surface area contributed by atoms with Crippen molar-refractivity contribution in [3.8, 4) is 0 Å². The number of morpholine rings is 1. The number of thiophene rings is 1. The van der Waals surface area contributed by atoms with Crippen molar-refractivity contribution in [2.75, 3.05) is 18.4 Å². The highest BCUT2D eigenvalue weighted by Crippen LogP contribution is 2.27.